The third-order valence-corrected chi connectivity index (χ3v) is 35.9. The molecule has 20 rings (SSSR count). The summed E-state index contributed by atoms with van der Waals surface area (Å²) in [7, 11) is 1.25. The van der Waals surface area contributed by atoms with E-state index in [2.05, 4.69) is 150 Å². The Bertz CT molecular complexity index is 4610. The van der Waals surface area contributed by atoms with E-state index in [1.165, 1.54) is 182 Å². The predicted octanol–water partition coefficient (Wildman–Crippen LogP) is 25.3. The number of aromatic nitrogens is 8. The van der Waals surface area contributed by atoms with Crippen molar-refractivity contribution in [3.05, 3.63) is 128 Å². The minimum Gasteiger partial charge on any atom is -0.523 e. The number of allylic oxidation sites excluding steroid dienone is 4. The molecule has 8 saturated carbocycles. The van der Waals surface area contributed by atoms with E-state index in [4.69, 9.17) is 53.9 Å². The highest BCUT2D eigenvalue weighted by Crippen LogP contribution is 2.66. The van der Waals surface area contributed by atoms with E-state index in [9.17, 15) is 24.9 Å². The van der Waals surface area contributed by atoms with Gasteiger partial charge in [0.1, 0.15) is 11.5 Å². The van der Waals surface area contributed by atoms with Crippen LogP contribution in [0, 0.1) is 75.2 Å². The second-order valence-electron chi connectivity index (χ2n) is 44.2. The molecule has 4 aromatic rings. The van der Waals surface area contributed by atoms with Gasteiger partial charge in [0.05, 0.1) is 98.9 Å². The van der Waals surface area contributed by atoms with Crippen LogP contribution in [-0.2, 0) is 75.9 Å². The second-order valence-corrected chi connectivity index (χ2v) is 44.2. The van der Waals surface area contributed by atoms with E-state index < -0.39 is 17.3 Å². The first-order valence-electron chi connectivity index (χ1n) is 48.4. The van der Waals surface area contributed by atoms with Gasteiger partial charge in [0.2, 0.25) is 5.70 Å². The monoisotopic (exact) mass is 1710 g/mol. The zero-order chi connectivity index (χ0) is 86.5. The van der Waals surface area contributed by atoms with Gasteiger partial charge in [-0.05, 0) is 199 Å². The molecule has 0 aromatic carbocycles. The highest BCUT2D eigenvalue weighted by Gasteiger charge is 2.67. The summed E-state index contributed by atoms with van der Waals surface area (Å²) in [5.41, 5.74) is 10.7. The number of rotatable bonds is 4. The zero-order valence-corrected chi connectivity index (χ0v) is 76.5. The molecule has 6 heterocycles. The molecule has 19 nitrogen and oxygen atoms in total. The Labute approximate surface area is 750 Å². The Kier molecular flexibility index (Phi) is 28.6. The average Bonchev–Trinajstić information content (AvgIpc) is 1.64. The summed E-state index contributed by atoms with van der Waals surface area (Å²) in [6, 6.07) is 2.31. The summed E-state index contributed by atoms with van der Waals surface area (Å²) in [5.74, 6) is 1.82. The topological polar surface area (TPSA) is 212 Å². The fourth-order valence-electron chi connectivity index (χ4n) is 29.0. The van der Waals surface area contributed by atoms with E-state index in [-0.39, 0.29) is 95.9 Å². The Morgan fingerprint density at radius 3 is 1.18 bits per heavy atom. The highest BCUT2D eigenvalue weighted by atomic mass is 16.7. The number of hydrogen-bond donors (Lipinski definition) is 3. The first kappa shape index (κ1) is 96.9. The molecule has 0 bridgehead atoms. The van der Waals surface area contributed by atoms with Gasteiger partial charge in [0.25, 0.3) is 0 Å². The molecule has 4 aromatic heterocycles. The molecule has 1 unspecified atom stereocenters. The van der Waals surface area contributed by atoms with Crippen molar-refractivity contribution in [2.45, 2.75) is 442 Å². The number of ether oxygens (including phenoxy) is 4. The van der Waals surface area contributed by atoms with Crippen molar-refractivity contribution in [2.24, 2.45) is 62.1 Å². The number of fused-ring (bicyclic) bond motifs is 13. The van der Waals surface area contributed by atoms with Crippen LogP contribution in [0.4, 0.5) is 0 Å². The highest BCUT2D eigenvalue weighted by molar-refractivity contribution is 6.00. The van der Waals surface area contributed by atoms with Gasteiger partial charge in [-0.15, -0.1) is 0 Å². The Hall–Kier alpha value is -6.22. The van der Waals surface area contributed by atoms with Crippen LogP contribution in [0.1, 0.15) is 423 Å². The third kappa shape index (κ3) is 16.2. The summed E-state index contributed by atoms with van der Waals surface area (Å²) >= 11 is 0. The lowest BCUT2D eigenvalue weighted by atomic mass is 9.48. The van der Waals surface area contributed by atoms with Crippen molar-refractivity contribution >= 4 is 11.6 Å². The lowest BCUT2D eigenvalue weighted by Gasteiger charge is -2.59. The number of Topliss-reactive ketones (excluding diaryl/α,β-unsaturated/α-hetero) is 2. The molecule has 16 aliphatic rings. The van der Waals surface area contributed by atoms with Crippen molar-refractivity contribution in [3.8, 4) is 0 Å². The van der Waals surface area contributed by atoms with Gasteiger partial charge in [-0.2, -0.15) is 20.4 Å². The van der Waals surface area contributed by atoms with Crippen LogP contribution < -0.4 is 0 Å². The van der Waals surface area contributed by atoms with E-state index >= 15 is 0 Å². The number of aryl methyl sites for hydroxylation is 4. The number of nitrogens with zero attached hydrogens (tertiary/aromatic N) is 10. The standard InChI is InChI=1S/C22H34N2O2.2C21H29N3O.C20H30N2O.C16H24O4.5CH4/c1-20(2)18-10-9-16-15-24(17-7-5-4-6-8-17)23-19(16)21(18,3)11-12-22(20)25-13-14-26-22;2*1-20(2)17-11-10-14-13-24(15-8-6-5-7-9-15)23-18(14)21(17,3)12-16(22-4)19(20)25;1-19(2)16-10-9-14-13-22(15-7-5-4-6-8-15)21-18(14)20(16,3)12-11-17(19)23;1-14(2)12-5-4-11(10-17)13(18)15(12,3)6-7-16(14)19-8-9-20-16;;;;;/h15,17-18H,4-14H2,1-3H3;13,15,17,25H,5-12H2,1-3H3;12-13,15,17,19,25H,5-11H2,1-3H3;13,15-16H,4-12H2,1-3H3;10,12,17H,4-9H2,1-3H3;5*1H4/b;;;;11-10+;;;;;/t18-,21-;17-,21-;17-,19?,21-;16-,20-;12-,15-;;;;;/m00000...../s1/i;;;;;1T;;;;. The maximum atomic E-state index is 12.7. The molecule has 19 heteroatoms. The smallest absolute Gasteiger partial charge is 0.203 e. The molecule has 10 fully saturated rings. The molecule has 2 aliphatic heterocycles. The SMILES string of the molecule is C.C.C.C.CC1(C)C(=O)CC[C@]2(C)c3nn(C4CCCCC4)cc3CC[C@@H]12.CC1(C)[C@@H]2CC/C(=C\O)C(=O)[C@@]2(C)CCC12OCCO2.CC1(C)[C@@H]2CCc3cn(C4CCCCC4)nc3[C@@]2(C)CCC12OCCO2.[3H]C.[C-]#[N+]C1=C(O)C(C)(C)[C@@H]2CCc3cn(C4CCCCC4)nc3[C@@]2(C)C1.[C-]#[N+]C1=C[C@]2(C)c3nn(C4CCCCC4)cc3CC[C@H]2C(C)(C)C1O. The predicted molar refractivity (Wildman–Crippen MR) is 497 cm³/mol. The van der Waals surface area contributed by atoms with E-state index in [1.54, 1.807) is 0 Å². The van der Waals surface area contributed by atoms with Gasteiger partial charge < -0.3 is 34.3 Å². The Morgan fingerprint density at radius 2 is 0.774 bits per heavy atom. The average molecular weight is 1710 g/mol. The molecular formula is C105H166N10O9. The lowest BCUT2D eigenvalue weighted by Crippen LogP contribution is -2.61. The van der Waals surface area contributed by atoms with Crippen molar-refractivity contribution < 1.29 is 45.2 Å². The maximum absolute atomic E-state index is 12.7. The number of hydrogen-bond acceptors (Lipinski definition) is 13. The normalized spacial score (nSPS) is 34.0. The number of carbonyl (C=O) groups excluding carboxylic acids is 2. The van der Waals surface area contributed by atoms with Crippen molar-refractivity contribution in [2.75, 3.05) is 26.4 Å². The molecule has 690 valence electrons. The first-order valence-corrected chi connectivity index (χ1v) is 47.4. The third-order valence-electron chi connectivity index (χ3n) is 35.9. The van der Waals surface area contributed by atoms with Gasteiger partial charge >= 0.3 is 0 Å². The summed E-state index contributed by atoms with van der Waals surface area (Å²) in [6.45, 7) is 51.1. The number of aliphatic hydroxyl groups is 3. The molecule has 2 spiro atoms. The molecular weight excluding hydrogens is 1550 g/mol. The van der Waals surface area contributed by atoms with Crippen molar-refractivity contribution in [1.29, 1.82) is 0 Å². The van der Waals surface area contributed by atoms with Crippen LogP contribution in [-0.4, -0.2) is 110 Å². The van der Waals surface area contributed by atoms with Gasteiger partial charge in [-0.3, -0.25) is 28.3 Å². The molecule has 3 N–H and O–H groups in total. The molecule has 2 saturated heterocycles. The van der Waals surface area contributed by atoms with Gasteiger partial charge in [0.15, 0.2) is 23.1 Å². The van der Waals surface area contributed by atoms with E-state index in [0.717, 1.165) is 115 Å². The van der Waals surface area contributed by atoms with Crippen LogP contribution in [0.3, 0.4) is 0 Å². The fourth-order valence-corrected chi connectivity index (χ4v) is 29.0. The Morgan fingerprint density at radius 1 is 0.427 bits per heavy atom. The largest absolute Gasteiger partial charge is 0.523 e. The molecule has 124 heavy (non-hydrogen) atoms. The quantitative estimate of drug-likeness (QED) is 0.0987. The van der Waals surface area contributed by atoms with Gasteiger partial charge in [0, 0.05) is 99.7 Å². The molecule has 0 radical (unpaired) electrons. The fraction of sp³-hybridized carbons (Fsp3) is 0.790. The van der Waals surface area contributed by atoms with Crippen LogP contribution in [0.2, 0.25) is 0 Å². The summed E-state index contributed by atoms with van der Waals surface area (Å²) in [6.07, 6.45) is 54.1. The van der Waals surface area contributed by atoms with Crippen LogP contribution in [0.15, 0.2) is 59.9 Å². The number of aliphatic hydroxyl groups excluding tert-OH is 3. The van der Waals surface area contributed by atoms with E-state index in [0.29, 0.717) is 102 Å². The summed E-state index contributed by atoms with van der Waals surface area (Å²) < 4.78 is 39.3. The van der Waals surface area contributed by atoms with Crippen LogP contribution >= 0.6 is 0 Å². The minimum absolute atomic E-state index is 0. The number of ketones is 2. The second kappa shape index (κ2) is 36.6. The summed E-state index contributed by atoms with van der Waals surface area (Å²) in [4.78, 5) is 32.5. The Balaban J connectivity index is 0.000000150. The molecule has 11 atom stereocenters. The van der Waals surface area contributed by atoms with Crippen molar-refractivity contribution in [1.82, 2.24) is 39.1 Å². The molecule has 14 aliphatic carbocycles. The van der Waals surface area contributed by atoms with E-state index in [1.807, 2.05) is 13.0 Å². The lowest BCUT2D eigenvalue weighted by molar-refractivity contribution is -0.281. The van der Waals surface area contributed by atoms with Gasteiger partial charge in [-0.25, -0.2) is 9.69 Å². The summed E-state index contributed by atoms with van der Waals surface area (Å²) in [5, 5.41) is 51.2. The van der Waals surface area contributed by atoms with Crippen molar-refractivity contribution in [3.63, 3.8) is 0 Å². The number of carbonyl (C=O) groups is 2. The zero-order valence-electron chi connectivity index (χ0n) is 77.5. The minimum atomic E-state index is -0.676. The maximum Gasteiger partial charge on any atom is 0.203 e. The molecule has 0 amide bonds. The van der Waals surface area contributed by atoms with Gasteiger partial charge in [-0.1, -0.05) is 224 Å². The first-order chi connectivity index (χ1) is 57.5. The van der Waals surface area contributed by atoms with Crippen LogP contribution in [0.5, 0.6) is 0 Å². The van der Waals surface area contributed by atoms with Crippen LogP contribution in [0.25, 0.3) is 9.69 Å².